The normalized spacial score (nSPS) is 24.7. The van der Waals surface area contributed by atoms with Crippen LogP contribution in [0.2, 0.25) is 0 Å². The lowest BCUT2D eigenvalue weighted by molar-refractivity contribution is 0.453. The lowest BCUT2D eigenvalue weighted by Gasteiger charge is -2.23. The highest BCUT2D eigenvalue weighted by molar-refractivity contribution is 5.36. The van der Waals surface area contributed by atoms with E-state index in [1.54, 1.807) is 6.92 Å². The van der Waals surface area contributed by atoms with Crippen molar-refractivity contribution in [2.24, 2.45) is 0 Å². The predicted molar refractivity (Wildman–Crippen MR) is 56.7 cm³/mol. The molecule has 1 aromatic rings. The van der Waals surface area contributed by atoms with Crippen LogP contribution in [0.15, 0.2) is 23.8 Å². The first-order valence-electron chi connectivity index (χ1n) is 5.26. The van der Waals surface area contributed by atoms with Crippen LogP contribution in [0, 0.1) is 17.5 Å². The van der Waals surface area contributed by atoms with Crippen LogP contribution in [0.3, 0.4) is 0 Å². The van der Waals surface area contributed by atoms with Crippen molar-refractivity contribution in [1.29, 1.82) is 0 Å². The maximum absolute atomic E-state index is 13.6. The van der Waals surface area contributed by atoms with Gasteiger partial charge in [0.05, 0.1) is 0 Å². The van der Waals surface area contributed by atoms with Gasteiger partial charge >= 0.3 is 0 Å². The second kappa shape index (κ2) is 3.65. The van der Waals surface area contributed by atoms with Crippen LogP contribution in [-0.2, 0) is 5.41 Å². The molecule has 1 atom stereocenters. The van der Waals surface area contributed by atoms with Crippen molar-refractivity contribution in [1.82, 2.24) is 0 Å². The van der Waals surface area contributed by atoms with Crippen molar-refractivity contribution in [3.05, 3.63) is 46.8 Å². The molecule has 0 amide bonds. The molecular formula is C13H13F3. The van der Waals surface area contributed by atoms with Gasteiger partial charge in [0.25, 0.3) is 0 Å². The lowest BCUT2D eigenvalue weighted by Crippen LogP contribution is -2.18. The van der Waals surface area contributed by atoms with Gasteiger partial charge < -0.3 is 0 Å². The highest BCUT2D eigenvalue weighted by atomic mass is 19.2. The molecule has 0 nitrogen and oxygen atoms in total. The van der Waals surface area contributed by atoms with E-state index in [0.717, 1.165) is 18.1 Å². The maximum Gasteiger partial charge on any atom is 0.163 e. The number of hydrogen-bond donors (Lipinski definition) is 0. The van der Waals surface area contributed by atoms with Gasteiger partial charge in [0, 0.05) is 17.0 Å². The minimum atomic E-state index is -1.12. The number of hydrogen-bond acceptors (Lipinski definition) is 0. The summed E-state index contributed by atoms with van der Waals surface area (Å²) in [7, 11) is 0. The average Bonchev–Trinajstić information content (AvgIpc) is 2.53. The minimum Gasteiger partial charge on any atom is -0.207 e. The molecule has 3 heteroatoms. The van der Waals surface area contributed by atoms with Gasteiger partial charge in [-0.2, -0.15) is 0 Å². The third-order valence-corrected chi connectivity index (χ3v) is 3.21. The van der Waals surface area contributed by atoms with Crippen LogP contribution in [0.25, 0.3) is 0 Å². The standard InChI is InChI=1S/C13H13F3/c1-8-3-4-13(2,7-8)10-5-9(14)6-11(15)12(10)16/h5-7H,3-4H2,1-2H3/t13-/m1/s1. The summed E-state index contributed by atoms with van der Waals surface area (Å²) in [6, 6.07) is 1.67. The monoisotopic (exact) mass is 226 g/mol. The summed E-state index contributed by atoms with van der Waals surface area (Å²) >= 11 is 0. The zero-order valence-electron chi connectivity index (χ0n) is 9.28. The fraction of sp³-hybridized carbons (Fsp3) is 0.385. The van der Waals surface area contributed by atoms with Gasteiger partial charge in [0.2, 0.25) is 0 Å². The fourth-order valence-electron chi connectivity index (χ4n) is 2.33. The number of benzene rings is 1. The van der Waals surface area contributed by atoms with Gasteiger partial charge in [0.15, 0.2) is 11.6 Å². The summed E-state index contributed by atoms with van der Waals surface area (Å²) in [6.45, 7) is 3.75. The van der Waals surface area contributed by atoms with E-state index in [9.17, 15) is 13.2 Å². The minimum absolute atomic E-state index is 0.113. The van der Waals surface area contributed by atoms with Crippen LogP contribution in [0.5, 0.6) is 0 Å². The van der Waals surface area contributed by atoms with Gasteiger partial charge in [-0.3, -0.25) is 0 Å². The SMILES string of the molecule is CC1=C[C@](C)(c2cc(F)cc(F)c2F)CC1. The molecule has 0 saturated carbocycles. The first-order valence-corrected chi connectivity index (χ1v) is 5.26. The van der Waals surface area contributed by atoms with E-state index < -0.39 is 22.9 Å². The topological polar surface area (TPSA) is 0 Å². The molecule has 1 aliphatic rings. The van der Waals surface area contributed by atoms with Gasteiger partial charge in [0.1, 0.15) is 5.82 Å². The van der Waals surface area contributed by atoms with E-state index in [-0.39, 0.29) is 5.56 Å². The van der Waals surface area contributed by atoms with Gasteiger partial charge in [-0.25, -0.2) is 13.2 Å². The number of allylic oxidation sites excluding steroid dienone is 2. The largest absolute Gasteiger partial charge is 0.207 e. The van der Waals surface area contributed by atoms with Crippen molar-refractivity contribution in [3.8, 4) is 0 Å². The molecule has 1 aliphatic carbocycles. The Morgan fingerprint density at radius 2 is 1.88 bits per heavy atom. The van der Waals surface area contributed by atoms with E-state index in [0.29, 0.717) is 12.5 Å². The molecule has 0 aromatic heterocycles. The fourth-order valence-corrected chi connectivity index (χ4v) is 2.33. The Morgan fingerprint density at radius 3 is 2.44 bits per heavy atom. The molecule has 0 bridgehead atoms. The molecule has 0 aliphatic heterocycles. The average molecular weight is 226 g/mol. The summed E-state index contributed by atoms with van der Waals surface area (Å²) in [6.07, 6.45) is 3.43. The molecule has 0 heterocycles. The van der Waals surface area contributed by atoms with E-state index in [4.69, 9.17) is 0 Å². The molecule has 0 unspecified atom stereocenters. The van der Waals surface area contributed by atoms with Crippen LogP contribution in [0.1, 0.15) is 32.3 Å². The highest BCUT2D eigenvalue weighted by Gasteiger charge is 2.32. The summed E-state index contributed by atoms with van der Waals surface area (Å²) in [4.78, 5) is 0. The molecule has 86 valence electrons. The molecule has 0 saturated heterocycles. The van der Waals surface area contributed by atoms with Crippen LogP contribution >= 0.6 is 0 Å². The summed E-state index contributed by atoms with van der Waals surface area (Å²) < 4.78 is 39.9. The van der Waals surface area contributed by atoms with E-state index in [2.05, 4.69) is 0 Å². The molecule has 2 rings (SSSR count). The molecule has 0 N–H and O–H groups in total. The van der Waals surface area contributed by atoms with Crippen LogP contribution in [-0.4, -0.2) is 0 Å². The summed E-state index contributed by atoms with van der Waals surface area (Å²) in [5.41, 5.74) is 0.658. The quantitative estimate of drug-likeness (QED) is 0.499. The Hall–Kier alpha value is -1.25. The molecule has 16 heavy (non-hydrogen) atoms. The molecule has 0 fully saturated rings. The number of halogens is 3. The zero-order valence-corrected chi connectivity index (χ0v) is 9.28. The zero-order chi connectivity index (χ0) is 11.9. The lowest BCUT2D eigenvalue weighted by atomic mass is 9.81. The van der Waals surface area contributed by atoms with E-state index >= 15 is 0 Å². The first kappa shape index (κ1) is 11.2. The van der Waals surface area contributed by atoms with Gasteiger partial charge in [-0.15, -0.1) is 0 Å². The van der Waals surface area contributed by atoms with Crippen molar-refractivity contribution in [2.45, 2.75) is 32.1 Å². The van der Waals surface area contributed by atoms with Gasteiger partial charge in [-0.05, 0) is 25.8 Å². The maximum atomic E-state index is 13.6. The Kier molecular flexibility index (Phi) is 2.56. The smallest absolute Gasteiger partial charge is 0.163 e. The van der Waals surface area contributed by atoms with Crippen molar-refractivity contribution < 1.29 is 13.2 Å². The molecule has 0 spiro atoms. The van der Waals surface area contributed by atoms with E-state index in [1.807, 2.05) is 13.0 Å². The Bertz CT molecular complexity index is 462. The van der Waals surface area contributed by atoms with Crippen molar-refractivity contribution >= 4 is 0 Å². The van der Waals surface area contributed by atoms with Gasteiger partial charge in [-0.1, -0.05) is 18.6 Å². The van der Waals surface area contributed by atoms with Crippen LogP contribution in [0.4, 0.5) is 13.2 Å². The van der Waals surface area contributed by atoms with E-state index in [1.165, 1.54) is 0 Å². The Balaban J connectivity index is 2.56. The molecule has 0 radical (unpaired) electrons. The second-order valence-corrected chi connectivity index (χ2v) is 4.66. The summed E-state index contributed by atoms with van der Waals surface area (Å²) in [5.74, 6) is -2.78. The Morgan fingerprint density at radius 1 is 1.19 bits per heavy atom. The third kappa shape index (κ3) is 1.75. The second-order valence-electron chi connectivity index (χ2n) is 4.66. The number of rotatable bonds is 1. The van der Waals surface area contributed by atoms with Crippen molar-refractivity contribution in [3.63, 3.8) is 0 Å². The summed E-state index contributed by atoms with van der Waals surface area (Å²) in [5, 5.41) is 0. The Labute approximate surface area is 92.8 Å². The van der Waals surface area contributed by atoms with Crippen LogP contribution < -0.4 is 0 Å². The highest BCUT2D eigenvalue weighted by Crippen LogP contribution is 2.40. The molecule has 1 aromatic carbocycles. The molecular weight excluding hydrogens is 213 g/mol. The predicted octanol–water partition coefficient (Wildman–Crippen LogP) is 4.10. The van der Waals surface area contributed by atoms with Crippen molar-refractivity contribution in [2.75, 3.05) is 0 Å². The third-order valence-electron chi connectivity index (χ3n) is 3.21. The first-order chi connectivity index (χ1) is 7.42.